The first-order chi connectivity index (χ1) is 14.2. The molecule has 1 aliphatic heterocycles. The molecule has 9 heteroatoms. The van der Waals surface area contributed by atoms with Crippen molar-refractivity contribution in [1.29, 1.82) is 0 Å². The molecule has 162 valence electrons. The molecule has 1 unspecified atom stereocenters. The maximum absolute atomic E-state index is 14.2. The number of piperidine rings is 1. The van der Waals surface area contributed by atoms with Crippen LogP contribution < -0.4 is 14.9 Å². The lowest BCUT2D eigenvalue weighted by atomic mass is 10.0. The molecule has 2 aromatic carbocycles. The standard InChI is InChI=1S/C21H25F2N3O3S/c1-15-4-9-19(23)20(13-15)26-12-2-3-17(14-26)25-21(27)10-11-24-30(28,29)18-7-5-16(22)6-8-18/h4-9,13,17,24H,2-3,10-12,14H2,1H3,(H,25,27). The molecular formula is C21H25F2N3O3S. The maximum atomic E-state index is 14.2. The van der Waals surface area contributed by atoms with Gasteiger partial charge in [0.05, 0.1) is 10.6 Å². The van der Waals surface area contributed by atoms with Gasteiger partial charge in [-0.3, -0.25) is 4.79 Å². The largest absolute Gasteiger partial charge is 0.367 e. The minimum Gasteiger partial charge on any atom is -0.367 e. The van der Waals surface area contributed by atoms with Crippen LogP contribution in [-0.2, 0) is 14.8 Å². The molecule has 1 saturated heterocycles. The molecule has 1 heterocycles. The number of carbonyl (C=O) groups is 1. The van der Waals surface area contributed by atoms with Crippen molar-refractivity contribution in [2.24, 2.45) is 0 Å². The minimum absolute atomic E-state index is 0.0320. The Morgan fingerprint density at radius 1 is 1.17 bits per heavy atom. The van der Waals surface area contributed by atoms with E-state index in [0.29, 0.717) is 18.8 Å². The van der Waals surface area contributed by atoms with Crippen molar-refractivity contribution in [2.75, 3.05) is 24.5 Å². The molecule has 1 aliphatic rings. The molecule has 1 amide bonds. The van der Waals surface area contributed by atoms with Gasteiger partial charge in [0, 0.05) is 32.1 Å². The van der Waals surface area contributed by atoms with Crippen LogP contribution >= 0.6 is 0 Å². The number of hydrogen-bond donors (Lipinski definition) is 2. The van der Waals surface area contributed by atoms with Crippen LogP contribution in [0.2, 0.25) is 0 Å². The number of aryl methyl sites for hydroxylation is 1. The Balaban J connectivity index is 1.50. The minimum atomic E-state index is -3.81. The first-order valence-corrected chi connectivity index (χ1v) is 11.3. The number of carbonyl (C=O) groups excluding carboxylic acids is 1. The van der Waals surface area contributed by atoms with Crippen LogP contribution in [0.1, 0.15) is 24.8 Å². The summed E-state index contributed by atoms with van der Waals surface area (Å²) in [5, 5.41) is 2.90. The summed E-state index contributed by atoms with van der Waals surface area (Å²) < 4.78 is 53.8. The van der Waals surface area contributed by atoms with E-state index in [1.54, 1.807) is 12.1 Å². The average Bonchev–Trinajstić information content (AvgIpc) is 2.70. The fraction of sp³-hybridized carbons (Fsp3) is 0.381. The van der Waals surface area contributed by atoms with Crippen LogP contribution in [0.15, 0.2) is 47.4 Å². The lowest BCUT2D eigenvalue weighted by Crippen LogP contribution is -2.48. The Kier molecular flexibility index (Phi) is 7.04. The van der Waals surface area contributed by atoms with E-state index in [1.165, 1.54) is 18.2 Å². The highest BCUT2D eigenvalue weighted by Gasteiger charge is 2.23. The van der Waals surface area contributed by atoms with E-state index in [1.807, 2.05) is 11.8 Å². The van der Waals surface area contributed by atoms with Crippen molar-refractivity contribution >= 4 is 21.6 Å². The molecule has 1 fully saturated rings. The van der Waals surface area contributed by atoms with Crippen molar-refractivity contribution in [3.8, 4) is 0 Å². The Morgan fingerprint density at radius 2 is 1.90 bits per heavy atom. The fourth-order valence-corrected chi connectivity index (χ4v) is 4.51. The monoisotopic (exact) mass is 437 g/mol. The van der Waals surface area contributed by atoms with E-state index in [4.69, 9.17) is 0 Å². The van der Waals surface area contributed by atoms with Crippen molar-refractivity contribution in [3.63, 3.8) is 0 Å². The van der Waals surface area contributed by atoms with E-state index in [9.17, 15) is 22.0 Å². The molecule has 2 N–H and O–H groups in total. The highest BCUT2D eigenvalue weighted by atomic mass is 32.2. The summed E-state index contributed by atoms with van der Waals surface area (Å²) in [6.07, 6.45) is 1.56. The third-order valence-corrected chi connectivity index (χ3v) is 6.47. The number of amides is 1. The molecule has 3 rings (SSSR count). The Labute approximate surface area is 175 Å². The molecule has 0 saturated carbocycles. The number of nitrogens with zero attached hydrogens (tertiary/aromatic N) is 1. The number of nitrogens with one attached hydrogen (secondary N) is 2. The molecule has 0 aliphatic carbocycles. The van der Waals surface area contributed by atoms with E-state index < -0.39 is 15.8 Å². The third-order valence-electron chi connectivity index (χ3n) is 5.00. The predicted octanol–water partition coefficient (Wildman–Crippen LogP) is 2.73. The van der Waals surface area contributed by atoms with Gasteiger partial charge >= 0.3 is 0 Å². The molecule has 30 heavy (non-hydrogen) atoms. The number of halogens is 2. The topological polar surface area (TPSA) is 78.5 Å². The quantitative estimate of drug-likeness (QED) is 0.698. The third kappa shape index (κ3) is 5.76. The zero-order valence-corrected chi connectivity index (χ0v) is 17.5. The molecule has 1 atom stereocenters. The molecule has 2 aromatic rings. The second kappa shape index (κ2) is 9.53. The first-order valence-electron chi connectivity index (χ1n) is 9.80. The highest BCUT2D eigenvalue weighted by molar-refractivity contribution is 7.89. The lowest BCUT2D eigenvalue weighted by Gasteiger charge is -2.35. The number of anilines is 1. The van der Waals surface area contributed by atoms with Crippen molar-refractivity contribution in [2.45, 2.75) is 37.1 Å². The van der Waals surface area contributed by atoms with Gasteiger partial charge in [-0.15, -0.1) is 0 Å². The number of rotatable bonds is 7. The number of sulfonamides is 1. The van der Waals surface area contributed by atoms with Crippen molar-refractivity contribution in [1.82, 2.24) is 10.0 Å². The fourth-order valence-electron chi connectivity index (χ4n) is 3.47. The van der Waals surface area contributed by atoms with Crippen LogP contribution in [-0.4, -0.2) is 40.0 Å². The summed E-state index contributed by atoms with van der Waals surface area (Å²) >= 11 is 0. The van der Waals surface area contributed by atoms with Gasteiger partial charge in [-0.1, -0.05) is 6.07 Å². The number of benzene rings is 2. The average molecular weight is 438 g/mol. The van der Waals surface area contributed by atoms with Crippen LogP contribution in [0.25, 0.3) is 0 Å². The molecular weight excluding hydrogens is 412 g/mol. The second-order valence-electron chi connectivity index (χ2n) is 7.41. The Bertz CT molecular complexity index is 997. The molecule has 0 radical (unpaired) electrons. The predicted molar refractivity (Wildman–Crippen MR) is 111 cm³/mol. The van der Waals surface area contributed by atoms with E-state index in [-0.39, 0.29) is 35.6 Å². The first kappa shape index (κ1) is 22.2. The summed E-state index contributed by atoms with van der Waals surface area (Å²) in [6.45, 7) is 3.03. The van der Waals surface area contributed by atoms with Gasteiger partial charge in [-0.25, -0.2) is 21.9 Å². The van der Waals surface area contributed by atoms with E-state index >= 15 is 0 Å². The normalized spacial score (nSPS) is 17.0. The van der Waals surface area contributed by atoms with Crippen LogP contribution in [0.4, 0.5) is 14.5 Å². The maximum Gasteiger partial charge on any atom is 0.240 e. The van der Waals surface area contributed by atoms with E-state index in [2.05, 4.69) is 10.0 Å². The number of hydrogen-bond acceptors (Lipinski definition) is 4. The summed E-state index contributed by atoms with van der Waals surface area (Å²) in [7, 11) is -3.81. The SMILES string of the molecule is Cc1ccc(F)c(N2CCCC(NC(=O)CCNS(=O)(=O)c3ccc(F)cc3)C2)c1. The summed E-state index contributed by atoms with van der Waals surface area (Å²) in [5.41, 5.74) is 1.49. The highest BCUT2D eigenvalue weighted by Crippen LogP contribution is 2.24. The summed E-state index contributed by atoms with van der Waals surface area (Å²) in [6, 6.07) is 9.27. The van der Waals surface area contributed by atoms with Gasteiger partial charge in [0.15, 0.2) is 0 Å². The zero-order valence-electron chi connectivity index (χ0n) is 16.7. The van der Waals surface area contributed by atoms with Crippen LogP contribution in [0.5, 0.6) is 0 Å². The van der Waals surface area contributed by atoms with Gasteiger partial charge in [0.2, 0.25) is 15.9 Å². The summed E-state index contributed by atoms with van der Waals surface area (Å²) in [5.74, 6) is -1.10. The van der Waals surface area contributed by atoms with Crippen molar-refractivity contribution in [3.05, 3.63) is 59.7 Å². The van der Waals surface area contributed by atoms with Crippen LogP contribution in [0, 0.1) is 18.6 Å². The Hall–Kier alpha value is -2.52. The van der Waals surface area contributed by atoms with Gasteiger partial charge in [-0.05, 0) is 61.7 Å². The zero-order chi connectivity index (χ0) is 21.7. The van der Waals surface area contributed by atoms with Gasteiger partial charge in [-0.2, -0.15) is 0 Å². The molecule has 0 aromatic heterocycles. The Morgan fingerprint density at radius 3 is 2.63 bits per heavy atom. The molecule has 6 nitrogen and oxygen atoms in total. The molecule has 0 spiro atoms. The lowest BCUT2D eigenvalue weighted by molar-refractivity contribution is -0.121. The van der Waals surface area contributed by atoms with Gasteiger partial charge in [0.1, 0.15) is 11.6 Å². The molecule has 0 bridgehead atoms. The van der Waals surface area contributed by atoms with E-state index in [0.717, 1.165) is 30.5 Å². The van der Waals surface area contributed by atoms with Gasteiger partial charge < -0.3 is 10.2 Å². The van der Waals surface area contributed by atoms with Gasteiger partial charge in [0.25, 0.3) is 0 Å². The summed E-state index contributed by atoms with van der Waals surface area (Å²) in [4.78, 5) is 14.1. The van der Waals surface area contributed by atoms with Crippen LogP contribution in [0.3, 0.4) is 0 Å². The smallest absolute Gasteiger partial charge is 0.240 e. The van der Waals surface area contributed by atoms with Crippen molar-refractivity contribution < 1.29 is 22.0 Å². The second-order valence-corrected chi connectivity index (χ2v) is 9.18.